The Hall–Kier alpha value is -2.85. The quantitative estimate of drug-likeness (QED) is 0.430. The van der Waals surface area contributed by atoms with Crippen molar-refractivity contribution >= 4 is 51.8 Å². The molecule has 2 N–H and O–H groups in total. The lowest BCUT2D eigenvalue weighted by Crippen LogP contribution is -2.47. The maximum atomic E-state index is 10.7. The van der Waals surface area contributed by atoms with Crippen molar-refractivity contribution in [3.63, 3.8) is 0 Å². The third-order valence-corrected chi connectivity index (χ3v) is 5.00. The lowest BCUT2D eigenvalue weighted by molar-refractivity contribution is -0.131. The van der Waals surface area contributed by atoms with Crippen LogP contribution >= 0.6 is 23.2 Å². The number of carboxylic acids is 1. The molecule has 28 heavy (non-hydrogen) atoms. The molecule has 0 saturated heterocycles. The summed E-state index contributed by atoms with van der Waals surface area (Å²) >= 11 is 12.5. The van der Waals surface area contributed by atoms with Gasteiger partial charge in [-0.25, -0.2) is 4.79 Å². The summed E-state index contributed by atoms with van der Waals surface area (Å²) in [5.41, 5.74) is 0.962. The molecule has 0 saturated carbocycles. The second-order valence-electron chi connectivity index (χ2n) is 6.02. The largest absolute Gasteiger partial charge is 0.478 e. The van der Waals surface area contributed by atoms with Crippen LogP contribution in [0.25, 0.3) is 17.0 Å². The molecule has 2 unspecified atom stereocenters. The van der Waals surface area contributed by atoms with Gasteiger partial charge in [-0.2, -0.15) is 5.26 Å². The summed E-state index contributed by atoms with van der Waals surface area (Å²) in [7, 11) is 1.50. The van der Waals surface area contributed by atoms with Crippen molar-refractivity contribution in [2.45, 2.75) is 11.1 Å². The molecule has 2 atom stereocenters. The monoisotopic (exact) mass is 415 g/mol. The second-order valence-corrected chi connectivity index (χ2v) is 6.92. The molecular weight excluding hydrogens is 401 g/mol. The third kappa shape index (κ3) is 3.87. The number of methoxy groups -OCH3 is 1. The van der Waals surface area contributed by atoms with Gasteiger partial charge >= 0.3 is 5.97 Å². The SMILES string of the molecule is COC1(Nc2c(C#N)cnc3cc(C=CC(=O)O)ccc23)C=CC(Cl)=CC1Cl. The zero-order valence-electron chi connectivity index (χ0n) is 14.7. The van der Waals surface area contributed by atoms with Gasteiger partial charge in [0.1, 0.15) is 11.4 Å². The van der Waals surface area contributed by atoms with Crippen LogP contribution in [0.15, 0.2) is 53.7 Å². The highest BCUT2D eigenvalue weighted by Gasteiger charge is 2.37. The van der Waals surface area contributed by atoms with Crippen molar-refractivity contribution in [1.29, 1.82) is 5.26 Å². The summed E-state index contributed by atoms with van der Waals surface area (Å²) in [5, 5.41) is 22.1. The van der Waals surface area contributed by atoms with Gasteiger partial charge in [-0.05, 0) is 35.9 Å². The zero-order chi connectivity index (χ0) is 20.3. The average molecular weight is 416 g/mol. The van der Waals surface area contributed by atoms with E-state index in [1.54, 1.807) is 36.4 Å². The van der Waals surface area contributed by atoms with E-state index in [0.29, 0.717) is 32.7 Å². The minimum absolute atomic E-state index is 0.315. The van der Waals surface area contributed by atoms with E-state index in [0.717, 1.165) is 6.08 Å². The minimum Gasteiger partial charge on any atom is -0.478 e. The number of allylic oxidation sites excluding steroid dienone is 2. The number of alkyl halides is 1. The van der Waals surface area contributed by atoms with Gasteiger partial charge < -0.3 is 15.2 Å². The Balaban J connectivity index is 2.10. The zero-order valence-corrected chi connectivity index (χ0v) is 16.2. The van der Waals surface area contributed by atoms with E-state index in [1.165, 1.54) is 19.4 Å². The minimum atomic E-state index is -1.11. The number of aromatic nitrogens is 1. The first-order valence-electron chi connectivity index (χ1n) is 8.16. The highest BCUT2D eigenvalue weighted by molar-refractivity contribution is 6.33. The van der Waals surface area contributed by atoms with Crippen molar-refractivity contribution in [2.24, 2.45) is 0 Å². The van der Waals surface area contributed by atoms with Gasteiger partial charge in [0.05, 0.1) is 16.8 Å². The number of ether oxygens (including phenoxy) is 1. The molecule has 1 aromatic heterocycles. The summed E-state index contributed by atoms with van der Waals surface area (Å²) in [6.45, 7) is 0. The van der Waals surface area contributed by atoms with Crippen molar-refractivity contribution in [1.82, 2.24) is 4.98 Å². The molecule has 1 aliphatic carbocycles. The average Bonchev–Trinajstić information content (AvgIpc) is 2.68. The standard InChI is InChI=1S/C20H15Cl2N3O3/c1-28-20(7-6-14(21)9-17(20)22)25-19-13(10-23)11-24-16-8-12(2-4-15(16)19)3-5-18(26)27/h2-9,11,17H,1H3,(H,24,25)(H,26,27). The summed E-state index contributed by atoms with van der Waals surface area (Å²) in [6, 6.07) is 7.34. The number of benzene rings is 1. The van der Waals surface area contributed by atoms with Crippen LogP contribution < -0.4 is 5.32 Å². The molecule has 0 spiro atoms. The van der Waals surface area contributed by atoms with Crippen LogP contribution in [0.3, 0.4) is 0 Å². The third-order valence-electron chi connectivity index (χ3n) is 4.30. The number of pyridine rings is 1. The smallest absolute Gasteiger partial charge is 0.328 e. The lowest BCUT2D eigenvalue weighted by Gasteiger charge is -2.36. The maximum absolute atomic E-state index is 10.7. The summed E-state index contributed by atoms with van der Waals surface area (Å²) in [4.78, 5) is 15.0. The fraction of sp³-hybridized carbons (Fsp3) is 0.150. The predicted octanol–water partition coefficient (Wildman–Crippen LogP) is 4.26. The van der Waals surface area contributed by atoms with Crippen LogP contribution in [0.1, 0.15) is 11.1 Å². The molecule has 1 aromatic carbocycles. The summed E-state index contributed by atoms with van der Waals surface area (Å²) < 4.78 is 5.64. The fourth-order valence-electron chi connectivity index (χ4n) is 2.85. The number of aliphatic carboxylic acids is 1. The number of nitrogens with zero attached hydrogens (tertiary/aromatic N) is 2. The van der Waals surface area contributed by atoms with Crippen LogP contribution in [0.5, 0.6) is 0 Å². The summed E-state index contributed by atoms with van der Waals surface area (Å²) in [5.74, 6) is -1.04. The van der Waals surface area contributed by atoms with E-state index in [2.05, 4.69) is 16.4 Å². The number of carboxylic acid groups (broad SMARTS) is 1. The van der Waals surface area contributed by atoms with Gasteiger partial charge in [-0.3, -0.25) is 4.98 Å². The first-order valence-corrected chi connectivity index (χ1v) is 8.98. The van der Waals surface area contributed by atoms with Crippen molar-refractivity contribution in [2.75, 3.05) is 12.4 Å². The topological polar surface area (TPSA) is 95.2 Å². The Bertz CT molecular complexity index is 1070. The van der Waals surface area contributed by atoms with E-state index >= 15 is 0 Å². The van der Waals surface area contributed by atoms with E-state index in [1.807, 2.05) is 0 Å². The molecule has 2 aromatic rings. The van der Waals surface area contributed by atoms with Crippen LogP contribution in [0.2, 0.25) is 0 Å². The number of rotatable bonds is 5. The Morgan fingerprint density at radius 1 is 1.50 bits per heavy atom. The molecule has 0 fully saturated rings. The number of nitrogens with one attached hydrogen (secondary N) is 1. The number of hydrogen-bond donors (Lipinski definition) is 2. The molecule has 0 aliphatic heterocycles. The number of nitriles is 1. The number of carbonyl (C=O) groups is 1. The van der Waals surface area contributed by atoms with E-state index in [4.69, 9.17) is 33.0 Å². The highest BCUT2D eigenvalue weighted by Crippen LogP contribution is 2.35. The molecule has 3 rings (SSSR count). The van der Waals surface area contributed by atoms with Crippen molar-refractivity contribution in [3.8, 4) is 6.07 Å². The van der Waals surface area contributed by atoms with Crippen LogP contribution in [-0.2, 0) is 9.53 Å². The van der Waals surface area contributed by atoms with Gasteiger partial charge in [-0.1, -0.05) is 23.7 Å². The Morgan fingerprint density at radius 3 is 2.93 bits per heavy atom. The Morgan fingerprint density at radius 2 is 2.29 bits per heavy atom. The predicted molar refractivity (Wildman–Crippen MR) is 109 cm³/mol. The molecule has 0 amide bonds. The first-order chi connectivity index (χ1) is 13.4. The van der Waals surface area contributed by atoms with E-state index in [-0.39, 0.29) is 0 Å². The van der Waals surface area contributed by atoms with E-state index in [9.17, 15) is 10.1 Å². The van der Waals surface area contributed by atoms with Crippen molar-refractivity contribution < 1.29 is 14.6 Å². The molecule has 8 heteroatoms. The number of hydrogen-bond acceptors (Lipinski definition) is 5. The second kappa shape index (κ2) is 8.03. The van der Waals surface area contributed by atoms with Crippen LogP contribution in [0.4, 0.5) is 5.69 Å². The fourth-order valence-corrected chi connectivity index (χ4v) is 3.46. The molecule has 1 aliphatic rings. The first kappa shape index (κ1) is 19.9. The van der Waals surface area contributed by atoms with Gasteiger partial charge in [0.25, 0.3) is 0 Å². The number of halogens is 2. The van der Waals surface area contributed by atoms with E-state index < -0.39 is 17.1 Å². The van der Waals surface area contributed by atoms with Crippen molar-refractivity contribution in [3.05, 3.63) is 64.9 Å². The molecule has 6 nitrogen and oxygen atoms in total. The van der Waals surface area contributed by atoms with Gasteiger partial charge in [0.2, 0.25) is 0 Å². The maximum Gasteiger partial charge on any atom is 0.328 e. The number of fused-ring (bicyclic) bond motifs is 1. The molecular formula is C20H15Cl2N3O3. The van der Waals surface area contributed by atoms with Gasteiger partial charge in [-0.15, -0.1) is 11.6 Å². The normalized spacial score (nSPS) is 21.5. The number of anilines is 1. The van der Waals surface area contributed by atoms with Gasteiger partial charge in [0.15, 0.2) is 5.72 Å². The molecule has 0 radical (unpaired) electrons. The summed E-state index contributed by atoms with van der Waals surface area (Å²) in [6.07, 6.45) is 8.97. The Kier molecular flexibility index (Phi) is 5.71. The van der Waals surface area contributed by atoms with Gasteiger partial charge in [0, 0.05) is 29.8 Å². The van der Waals surface area contributed by atoms with Crippen LogP contribution in [0, 0.1) is 11.3 Å². The molecule has 142 valence electrons. The highest BCUT2D eigenvalue weighted by atomic mass is 35.5. The lowest BCUT2D eigenvalue weighted by atomic mass is 10.0. The molecule has 1 heterocycles. The molecule has 0 bridgehead atoms. The Labute approximate surface area is 171 Å². The van der Waals surface area contributed by atoms with Crippen LogP contribution in [-0.4, -0.2) is 34.3 Å².